The predicted octanol–water partition coefficient (Wildman–Crippen LogP) is 3.94. The van der Waals surface area contributed by atoms with Crippen molar-refractivity contribution < 1.29 is 9.90 Å². The molecule has 4 heteroatoms. The molecule has 0 saturated heterocycles. The van der Waals surface area contributed by atoms with Crippen molar-refractivity contribution in [2.24, 2.45) is 0 Å². The van der Waals surface area contributed by atoms with Gasteiger partial charge in [-0.2, -0.15) is 5.10 Å². The van der Waals surface area contributed by atoms with Crippen LogP contribution in [0.25, 0.3) is 11.3 Å². The minimum Gasteiger partial charge on any atom is -0.481 e. The number of hydrogen-bond donors (Lipinski definition) is 1. The highest BCUT2D eigenvalue weighted by Crippen LogP contribution is 2.27. The zero-order chi connectivity index (χ0) is 16.5. The molecule has 0 radical (unpaired) electrons. The maximum atomic E-state index is 10.9. The van der Waals surface area contributed by atoms with E-state index in [4.69, 9.17) is 10.2 Å². The molecule has 2 aromatic rings. The van der Waals surface area contributed by atoms with Crippen molar-refractivity contribution in [3.63, 3.8) is 0 Å². The largest absolute Gasteiger partial charge is 0.481 e. The SMILES string of the molecule is Cc1ccc(-c2nn(C(C)(C)C)cc2CCC(=O)O)cc1C. The van der Waals surface area contributed by atoms with Gasteiger partial charge in [0, 0.05) is 18.2 Å². The molecule has 0 fully saturated rings. The number of hydrogen-bond acceptors (Lipinski definition) is 2. The van der Waals surface area contributed by atoms with Crippen LogP contribution in [0.2, 0.25) is 0 Å². The van der Waals surface area contributed by atoms with Crippen molar-refractivity contribution in [3.05, 3.63) is 41.1 Å². The van der Waals surface area contributed by atoms with Crippen molar-refractivity contribution in [1.29, 1.82) is 0 Å². The summed E-state index contributed by atoms with van der Waals surface area (Å²) < 4.78 is 1.93. The summed E-state index contributed by atoms with van der Waals surface area (Å²) in [6, 6.07) is 6.26. The van der Waals surface area contributed by atoms with Gasteiger partial charge >= 0.3 is 5.97 Å². The Morgan fingerprint density at radius 3 is 2.45 bits per heavy atom. The first-order chi connectivity index (χ1) is 10.2. The summed E-state index contributed by atoms with van der Waals surface area (Å²) in [7, 11) is 0. The summed E-state index contributed by atoms with van der Waals surface area (Å²) in [5.74, 6) is -0.783. The van der Waals surface area contributed by atoms with Crippen LogP contribution in [0.15, 0.2) is 24.4 Å². The Hall–Kier alpha value is -2.10. The number of rotatable bonds is 4. The zero-order valence-electron chi connectivity index (χ0n) is 14.0. The molecule has 4 nitrogen and oxygen atoms in total. The Balaban J connectivity index is 2.49. The number of aliphatic carboxylic acids is 1. The Morgan fingerprint density at radius 1 is 1.23 bits per heavy atom. The van der Waals surface area contributed by atoms with Gasteiger partial charge < -0.3 is 5.11 Å². The molecule has 1 aromatic carbocycles. The molecule has 0 aliphatic heterocycles. The Bertz CT molecular complexity index is 694. The molecule has 118 valence electrons. The van der Waals surface area contributed by atoms with E-state index in [0.29, 0.717) is 6.42 Å². The average molecular weight is 300 g/mol. The van der Waals surface area contributed by atoms with Crippen LogP contribution in [-0.4, -0.2) is 20.9 Å². The van der Waals surface area contributed by atoms with Gasteiger partial charge in [-0.25, -0.2) is 0 Å². The van der Waals surface area contributed by atoms with Crippen molar-refractivity contribution in [2.45, 2.75) is 53.0 Å². The minimum atomic E-state index is -0.783. The first-order valence-corrected chi connectivity index (χ1v) is 7.57. The highest BCUT2D eigenvalue weighted by atomic mass is 16.4. The summed E-state index contributed by atoms with van der Waals surface area (Å²) in [5, 5.41) is 13.7. The molecule has 1 N–H and O–H groups in total. The zero-order valence-corrected chi connectivity index (χ0v) is 14.0. The Labute approximate surface area is 131 Å². The fraction of sp³-hybridized carbons (Fsp3) is 0.444. The molecule has 0 unspecified atom stereocenters. The second kappa shape index (κ2) is 5.95. The fourth-order valence-electron chi connectivity index (χ4n) is 2.31. The van der Waals surface area contributed by atoms with Gasteiger partial charge in [0.1, 0.15) is 0 Å². The quantitative estimate of drug-likeness (QED) is 0.930. The van der Waals surface area contributed by atoms with Gasteiger partial charge in [0.2, 0.25) is 0 Å². The average Bonchev–Trinajstić information content (AvgIpc) is 2.83. The van der Waals surface area contributed by atoms with Crippen LogP contribution in [0.5, 0.6) is 0 Å². The van der Waals surface area contributed by atoms with Crippen LogP contribution >= 0.6 is 0 Å². The lowest BCUT2D eigenvalue weighted by Gasteiger charge is -2.18. The van der Waals surface area contributed by atoms with Gasteiger partial charge in [0.15, 0.2) is 0 Å². The van der Waals surface area contributed by atoms with E-state index >= 15 is 0 Å². The third-order valence-corrected chi connectivity index (χ3v) is 3.87. The molecule has 0 bridgehead atoms. The molecule has 0 amide bonds. The number of benzene rings is 1. The van der Waals surface area contributed by atoms with Crippen molar-refractivity contribution in [2.75, 3.05) is 0 Å². The van der Waals surface area contributed by atoms with Gasteiger partial charge in [-0.1, -0.05) is 12.1 Å². The van der Waals surface area contributed by atoms with Crippen LogP contribution in [0.3, 0.4) is 0 Å². The minimum absolute atomic E-state index is 0.119. The van der Waals surface area contributed by atoms with Crippen molar-refractivity contribution in [3.8, 4) is 11.3 Å². The lowest BCUT2D eigenvalue weighted by molar-refractivity contribution is -0.136. The van der Waals surface area contributed by atoms with Crippen LogP contribution in [-0.2, 0) is 16.8 Å². The molecular weight excluding hydrogens is 276 g/mol. The maximum Gasteiger partial charge on any atom is 0.303 e. The van der Waals surface area contributed by atoms with E-state index in [1.807, 2.05) is 10.9 Å². The van der Waals surface area contributed by atoms with Gasteiger partial charge in [-0.05, 0) is 63.8 Å². The summed E-state index contributed by atoms with van der Waals surface area (Å²) in [4.78, 5) is 10.9. The van der Waals surface area contributed by atoms with Gasteiger partial charge in [-0.15, -0.1) is 0 Å². The summed E-state index contributed by atoms with van der Waals surface area (Å²) in [6.07, 6.45) is 2.59. The van der Waals surface area contributed by atoms with E-state index in [1.165, 1.54) is 11.1 Å². The molecule has 0 atom stereocenters. The summed E-state index contributed by atoms with van der Waals surface area (Å²) >= 11 is 0. The molecule has 0 aliphatic rings. The maximum absolute atomic E-state index is 10.9. The number of carboxylic acid groups (broad SMARTS) is 1. The second-order valence-corrected chi connectivity index (χ2v) is 6.81. The molecule has 2 rings (SSSR count). The number of nitrogens with zero attached hydrogens (tertiary/aromatic N) is 2. The van der Waals surface area contributed by atoms with Crippen molar-refractivity contribution in [1.82, 2.24) is 9.78 Å². The highest BCUT2D eigenvalue weighted by molar-refractivity contribution is 5.69. The highest BCUT2D eigenvalue weighted by Gasteiger charge is 2.19. The van der Waals surface area contributed by atoms with Gasteiger partial charge in [0.25, 0.3) is 0 Å². The molecule has 22 heavy (non-hydrogen) atoms. The molecule has 0 saturated carbocycles. The third-order valence-electron chi connectivity index (χ3n) is 3.87. The number of aromatic nitrogens is 2. The standard InChI is InChI=1S/C18H24N2O2/c1-12-6-7-14(10-13(12)2)17-15(8-9-16(21)22)11-20(19-17)18(3,4)5/h6-7,10-11H,8-9H2,1-5H3,(H,21,22). The van der Waals surface area contributed by atoms with E-state index < -0.39 is 5.97 Å². The second-order valence-electron chi connectivity index (χ2n) is 6.81. The van der Waals surface area contributed by atoms with E-state index in [0.717, 1.165) is 16.8 Å². The lowest BCUT2D eigenvalue weighted by Crippen LogP contribution is -2.22. The monoisotopic (exact) mass is 300 g/mol. The third kappa shape index (κ3) is 3.56. The number of carbonyl (C=O) groups is 1. The topological polar surface area (TPSA) is 55.1 Å². The molecular formula is C18H24N2O2. The van der Waals surface area contributed by atoms with E-state index in [-0.39, 0.29) is 12.0 Å². The van der Waals surface area contributed by atoms with E-state index in [9.17, 15) is 4.79 Å². The smallest absolute Gasteiger partial charge is 0.303 e. The summed E-state index contributed by atoms with van der Waals surface area (Å²) in [6.45, 7) is 10.4. The fourth-order valence-corrected chi connectivity index (χ4v) is 2.31. The van der Waals surface area contributed by atoms with Crippen LogP contribution in [0, 0.1) is 13.8 Å². The first-order valence-electron chi connectivity index (χ1n) is 7.57. The Morgan fingerprint density at radius 2 is 1.91 bits per heavy atom. The molecule has 0 aliphatic carbocycles. The lowest BCUT2D eigenvalue weighted by atomic mass is 10.0. The number of carboxylic acids is 1. The number of aryl methyl sites for hydroxylation is 3. The van der Waals surface area contributed by atoms with Crippen LogP contribution < -0.4 is 0 Å². The molecule has 0 spiro atoms. The van der Waals surface area contributed by atoms with Gasteiger partial charge in [0.05, 0.1) is 11.2 Å². The van der Waals surface area contributed by atoms with Gasteiger partial charge in [-0.3, -0.25) is 9.48 Å². The molecule has 1 heterocycles. The first kappa shape index (κ1) is 16.3. The van der Waals surface area contributed by atoms with E-state index in [2.05, 4.69) is 52.8 Å². The summed E-state index contributed by atoms with van der Waals surface area (Å²) in [5.41, 5.74) is 5.25. The van der Waals surface area contributed by atoms with Crippen LogP contribution in [0.1, 0.15) is 43.9 Å². The van der Waals surface area contributed by atoms with Crippen LogP contribution in [0.4, 0.5) is 0 Å². The van der Waals surface area contributed by atoms with E-state index in [1.54, 1.807) is 0 Å². The molecule has 1 aromatic heterocycles. The predicted molar refractivity (Wildman–Crippen MR) is 88.1 cm³/mol. The van der Waals surface area contributed by atoms with Crippen molar-refractivity contribution >= 4 is 5.97 Å². The Kier molecular flexibility index (Phi) is 4.40. The normalized spacial score (nSPS) is 11.7.